The molecule has 0 bridgehead atoms. The van der Waals surface area contributed by atoms with Gasteiger partial charge >= 0.3 is 0 Å². The molecule has 0 fully saturated rings. The molecule has 0 spiro atoms. The maximum atomic E-state index is 11.4. The number of rotatable bonds is 4. The number of nitrogens with zero attached hydrogens (tertiary/aromatic N) is 1. The average Bonchev–Trinajstić information content (AvgIpc) is 2.37. The number of hydrogen-bond acceptors (Lipinski definition) is 4. The van der Waals surface area contributed by atoms with Crippen molar-refractivity contribution in [2.45, 2.75) is 20.0 Å². The van der Waals surface area contributed by atoms with Crippen LogP contribution in [0.1, 0.15) is 19.4 Å². The molecule has 2 N–H and O–H groups in total. The SMILES string of the molecule is CNC(=O)C(C)Oc1ccccc1/C(C)=N/O. The minimum absolute atomic E-state index is 0.210. The van der Waals surface area contributed by atoms with Gasteiger partial charge in [-0.25, -0.2) is 0 Å². The van der Waals surface area contributed by atoms with E-state index in [1.165, 1.54) is 0 Å². The molecule has 0 radical (unpaired) electrons. The number of carbonyl (C=O) groups is 1. The van der Waals surface area contributed by atoms with Crippen molar-refractivity contribution in [3.05, 3.63) is 29.8 Å². The molecule has 0 aliphatic rings. The molecule has 0 saturated carbocycles. The van der Waals surface area contributed by atoms with Crippen LogP contribution in [-0.4, -0.2) is 30.0 Å². The van der Waals surface area contributed by atoms with Gasteiger partial charge in [-0.1, -0.05) is 17.3 Å². The predicted molar refractivity (Wildman–Crippen MR) is 64.6 cm³/mol. The standard InChI is InChI=1S/C12H16N2O3/c1-8(14-16)10-6-4-5-7-11(10)17-9(2)12(15)13-3/h4-7,9,16H,1-3H3,(H,13,15)/b14-8+. The van der Waals surface area contributed by atoms with Gasteiger partial charge in [-0.2, -0.15) is 0 Å². The first-order valence-electron chi connectivity index (χ1n) is 5.26. The van der Waals surface area contributed by atoms with Gasteiger partial charge in [0.15, 0.2) is 6.10 Å². The summed E-state index contributed by atoms with van der Waals surface area (Å²) < 4.78 is 5.52. The van der Waals surface area contributed by atoms with Crippen LogP contribution in [0, 0.1) is 0 Å². The number of likely N-dealkylation sites (N-methyl/N-ethyl adjacent to an activating group) is 1. The zero-order chi connectivity index (χ0) is 12.8. The molecule has 1 atom stereocenters. The lowest BCUT2D eigenvalue weighted by atomic mass is 10.1. The highest BCUT2D eigenvalue weighted by Gasteiger charge is 2.15. The van der Waals surface area contributed by atoms with Gasteiger partial charge in [0, 0.05) is 12.6 Å². The molecule has 0 aliphatic carbocycles. The van der Waals surface area contributed by atoms with Crippen LogP contribution in [0.25, 0.3) is 0 Å². The molecule has 1 aromatic rings. The Kier molecular flexibility index (Phi) is 4.51. The van der Waals surface area contributed by atoms with E-state index in [4.69, 9.17) is 9.94 Å². The van der Waals surface area contributed by atoms with Crippen molar-refractivity contribution in [2.75, 3.05) is 7.05 Å². The molecule has 0 aliphatic heterocycles. The van der Waals surface area contributed by atoms with Gasteiger partial charge in [0.2, 0.25) is 0 Å². The summed E-state index contributed by atoms with van der Waals surface area (Å²) in [5, 5.41) is 14.4. The zero-order valence-corrected chi connectivity index (χ0v) is 10.1. The molecule has 17 heavy (non-hydrogen) atoms. The molecule has 1 unspecified atom stereocenters. The minimum atomic E-state index is -0.604. The van der Waals surface area contributed by atoms with E-state index in [-0.39, 0.29) is 5.91 Å². The summed E-state index contributed by atoms with van der Waals surface area (Å²) in [6.07, 6.45) is -0.604. The van der Waals surface area contributed by atoms with Crippen molar-refractivity contribution in [3.63, 3.8) is 0 Å². The monoisotopic (exact) mass is 236 g/mol. The number of nitrogens with one attached hydrogen (secondary N) is 1. The number of benzene rings is 1. The molecule has 0 heterocycles. The predicted octanol–water partition coefficient (Wildman–Crippen LogP) is 1.40. The van der Waals surface area contributed by atoms with Crippen molar-refractivity contribution in [1.29, 1.82) is 0 Å². The van der Waals surface area contributed by atoms with E-state index in [0.717, 1.165) is 0 Å². The van der Waals surface area contributed by atoms with Gasteiger partial charge in [0.1, 0.15) is 5.75 Å². The maximum absolute atomic E-state index is 11.4. The second-order valence-corrected chi connectivity index (χ2v) is 3.56. The van der Waals surface area contributed by atoms with E-state index in [9.17, 15) is 4.79 Å². The second kappa shape index (κ2) is 5.89. The van der Waals surface area contributed by atoms with Crippen molar-refractivity contribution < 1.29 is 14.7 Å². The van der Waals surface area contributed by atoms with E-state index in [1.807, 2.05) is 0 Å². The largest absolute Gasteiger partial charge is 0.480 e. The molecular weight excluding hydrogens is 220 g/mol. The highest BCUT2D eigenvalue weighted by molar-refractivity contribution is 6.00. The Hall–Kier alpha value is -2.04. The molecule has 92 valence electrons. The number of para-hydroxylation sites is 1. The number of oxime groups is 1. The van der Waals surface area contributed by atoms with Gasteiger partial charge < -0.3 is 15.3 Å². The summed E-state index contributed by atoms with van der Waals surface area (Å²) in [5.74, 6) is 0.303. The van der Waals surface area contributed by atoms with Crippen molar-refractivity contribution >= 4 is 11.6 Å². The fraction of sp³-hybridized carbons (Fsp3) is 0.333. The third-order valence-electron chi connectivity index (χ3n) is 2.35. The average molecular weight is 236 g/mol. The molecule has 1 aromatic carbocycles. The summed E-state index contributed by atoms with van der Waals surface area (Å²) in [6.45, 7) is 3.31. The van der Waals surface area contributed by atoms with Crippen LogP contribution >= 0.6 is 0 Å². The van der Waals surface area contributed by atoms with Crippen LogP contribution in [0.5, 0.6) is 5.75 Å². The van der Waals surface area contributed by atoms with E-state index in [1.54, 1.807) is 45.2 Å². The van der Waals surface area contributed by atoms with Crippen molar-refractivity contribution in [1.82, 2.24) is 5.32 Å². The fourth-order valence-corrected chi connectivity index (χ4v) is 1.37. The van der Waals surface area contributed by atoms with Crippen LogP contribution in [0.2, 0.25) is 0 Å². The Balaban J connectivity index is 2.95. The van der Waals surface area contributed by atoms with Crippen molar-refractivity contribution in [2.24, 2.45) is 5.16 Å². The smallest absolute Gasteiger partial charge is 0.260 e. The molecule has 1 rings (SSSR count). The first-order valence-corrected chi connectivity index (χ1v) is 5.26. The summed E-state index contributed by atoms with van der Waals surface area (Å²) in [5.41, 5.74) is 1.09. The lowest BCUT2D eigenvalue weighted by molar-refractivity contribution is -0.126. The summed E-state index contributed by atoms with van der Waals surface area (Å²) in [7, 11) is 1.55. The first-order chi connectivity index (χ1) is 8.10. The van der Waals surface area contributed by atoms with Crippen LogP contribution in [0.15, 0.2) is 29.4 Å². The Morgan fingerprint density at radius 3 is 2.71 bits per heavy atom. The Morgan fingerprint density at radius 2 is 2.12 bits per heavy atom. The molecule has 5 nitrogen and oxygen atoms in total. The molecular formula is C12H16N2O3. The Morgan fingerprint density at radius 1 is 1.47 bits per heavy atom. The fourth-order valence-electron chi connectivity index (χ4n) is 1.37. The van der Waals surface area contributed by atoms with Crippen LogP contribution < -0.4 is 10.1 Å². The maximum Gasteiger partial charge on any atom is 0.260 e. The van der Waals surface area contributed by atoms with E-state index < -0.39 is 6.10 Å². The molecule has 1 amide bonds. The third-order valence-corrected chi connectivity index (χ3v) is 2.35. The van der Waals surface area contributed by atoms with E-state index in [2.05, 4.69) is 10.5 Å². The van der Waals surface area contributed by atoms with E-state index in [0.29, 0.717) is 17.0 Å². The Bertz CT molecular complexity index is 430. The van der Waals surface area contributed by atoms with Gasteiger partial charge in [0.25, 0.3) is 5.91 Å². The lowest BCUT2D eigenvalue weighted by Crippen LogP contribution is -2.34. The van der Waals surface area contributed by atoms with Gasteiger partial charge in [-0.15, -0.1) is 0 Å². The minimum Gasteiger partial charge on any atom is -0.480 e. The lowest BCUT2D eigenvalue weighted by Gasteiger charge is -2.15. The summed E-state index contributed by atoms with van der Waals surface area (Å²) in [4.78, 5) is 11.4. The van der Waals surface area contributed by atoms with Crippen LogP contribution in [0.3, 0.4) is 0 Å². The van der Waals surface area contributed by atoms with E-state index >= 15 is 0 Å². The molecule has 0 aromatic heterocycles. The number of amides is 1. The van der Waals surface area contributed by atoms with Crippen LogP contribution in [0.4, 0.5) is 0 Å². The second-order valence-electron chi connectivity index (χ2n) is 3.56. The van der Waals surface area contributed by atoms with Crippen LogP contribution in [-0.2, 0) is 4.79 Å². The first kappa shape index (κ1) is 13.0. The zero-order valence-electron chi connectivity index (χ0n) is 10.1. The third kappa shape index (κ3) is 3.21. The van der Waals surface area contributed by atoms with Gasteiger partial charge in [-0.3, -0.25) is 4.79 Å². The van der Waals surface area contributed by atoms with Crippen molar-refractivity contribution in [3.8, 4) is 5.75 Å². The number of ether oxygens (including phenoxy) is 1. The van der Waals surface area contributed by atoms with Gasteiger partial charge in [0.05, 0.1) is 5.71 Å². The summed E-state index contributed by atoms with van der Waals surface area (Å²) >= 11 is 0. The topological polar surface area (TPSA) is 70.9 Å². The molecule has 5 heteroatoms. The number of hydrogen-bond donors (Lipinski definition) is 2. The normalized spacial score (nSPS) is 13.0. The number of carbonyl (C=O) groups excluding carboxylic acids is 1. The Labute approximate surface area is 100 Å². The highest BCUT2D eigenvalue weighted by Crippen LogP contribution is 2.20. The highest BCUT2D eigenvalue weighted by atomic mass is 16.5. The molecule has 0 saturated heterocycles. The van der Waals surface area contributed by atoms with Gasteiger partial charge in [-0.05, 0) is 26.0 Å². The quantitative estimate of drug-likeness (QED) is 0.471. The summed E-state index contributed by atoms with van der Waals surface area (Å²) in [6, 6.07) is 7.09.